The number of halogens is 3. The van der Waals surface area contributed by atoms with Gasteiger partial charge < -0.3 is 9.73 Å². The maximum Gasteiger partial charge on any atom is 0.239 e. The normalized spacial score (nSPS) is 10.8. The first kappa shape index (κ1) is 16.5. The van der Waals surface area contributed by atoms with E-state index in [1.54, 1.807) is 18.2 Å². The van der Waals surface area contributed by atoms with Gasteiger partial charge in [0, 0.05) is 16.0 Å². The zero-order valence-electron chi connectivity index (χ0n) is 12.1. The monoisotopic (exact) mass is 365 g/mol. The molecule has 0 aliphatic rings. The van der Waals surface area contributed by atoms with Crippen molar-refractivity contribution in [2.75, 3.05) is 11.2 Å². The van der Waals surface area contributed by atoms with Gasteiger partial charge in [0.1, 0.15) is 17.3 Å². The highest BCUT2D eigenvalue weighted by Gasteiger charge is 2.23. The largest absolute Gasteiger partial charge is 0.450 e. The number of hydrogen-bond acceptors (Lipinski definition) is 3. The van der Waals surface area contributed by atoms with E-state index in [2.05, 4.69) is 5.32 Å². The molecule has 122 valence electrons. The molecular weight excluding hydrogens is 356 g/mol. The summed E-state index contributed by atoms with van der Waals surface area (Å²) in [4.78, 5) is 24.4. The molecule has 7 heteroatoms. The molecule has 0 saturated carbocycles. The Bertz CT molecular complexity index is 935. The predicted octanol–water partition coefficient (Wildman–Crippen LogP) is 4.63. The van der Waals surface area contributed by atoms with Crippen LogP contribution in [0.1, 0.15) is 16.1 Å². The quantitative estimate of drug-likeness (QED) is 0.541. The average Bonchev–Trinajstić information content (AvgIpc) is 2.92. The van der Waals surface area contributed by atoms with Crippen LogP contribution in [0.5, 0.6) is 0 Å². The molecule has 4 nitrogen and oxygen atoms in total. The number of ketones is 1. The van der Waals surface area contributed by atoms with Crippen LogP contribution in [0.25, 0.3) is 11.0 Å². The van der Waals surface area contributed by atoms with Crippen molar-refractivity contribution in [3.05, 3.63) is 64.6 Å². The Morgan fingerprint density at radius 3 is 2.50 bits per heavy atom. The first-order valence-electron chi connectivity index (χ1n) is 6.87. The van der Waals surface area contributed by atoms with E-state index >= 15 is 0 Å². The second kappa shape index (κ2) is 6.63. The van der Waals surface area contributed by atoms with Crippen LogP contribution in [0, 0.1) is 5.82 Å². The van der Waals surface area contributed by atoms with Crippen molar-refractivity contribution < 1.29 is 18.4 Å². The zero-order chi connectivity index (χ0) is 17.3. The highest BCUT2D eigenvalue weighted by Crippen LogP contribution is 2.34. The van der Waals surface area contributed by atoms with Gasteiger partial charge in [0.25, 0.3) is 0 Å². The molecule has 1 heterocycles. The lowest BCUT2D eigenvalue weighted by Crippen LogP contribution is -2.15. The second-order valence-corrected chi connectivity index (χ2v) is 5.67. The minimum atomic E-state index is -0.493. The number of carbonyl (C=O) groups excluding carboxylic acids is 2. The molecule has 0 bridgehead atoms. The molecule has 24 heavy (non-hydrogen) atoms. The molecule has 3 aromatic rings. The molecule has 0 radical (unpaired) electrons. The van der Waals surface area contributed by atoms with Gasteiger partial charge in [-0.15, -0.1) is 11.6 Å². The fourth-order valence-electron chi connectivity index (χ4n) is 2.26. The van der Waals surface area contributed by atoms with Crippen LogP contribution in [0.4, 0.5) is 10.1 Å². The molecular formula is C17H10Cl2FNO3. The minimum absolute atomic E-state index is 0.0719. The molecule has 0 aliphatic heterocycles. The summed E-state index contributed by atoms with van der Waals surface area (Å²) in [5.41, 5.74) is 0.796. The summed E-state index contributed by atoms with van der Waals surface area (Å²) in [6.45, 7) is 0. The topological polar surface area (TPSA) is 59.3 Å². The van der Waals surface area contributed by atoms with Crippen molar-refractivity contribution in [3.8, 4) is 0 Å². The number of anilines is 1. The number of benzene rings is 2. The van der Waals surface area contributed by atoms with E-state index in [0.717, 1.165) is 0 Å². The van der Waals surface area contributed by atoms with Gasteiger partial charge in [-0.2, -0.15) is 0 Å². The van der Waals surface area contributed by atoms with Crippen LogP contribution in [-0.4, -0.2) is 17.6 Å². The summed E-state index contributed by atoms with van der Waals surface area (Å²) in [5.74, 6) is -1.80. The molecule has 3 rings (SSSR count). The van der Waals surface area contributed by atoms with Gasteiger partial charge in [0.05, 0.1) is 5.69 Å². The van der Waals surface area contributed by atoms with Gasteiger partial charge in [0.2, 0.25) is 11.7 Å². The molecule has 0 aliphatic carbocycles. The minimum Gasteiger partial charge on any atom is -0.450 e. The van der Waals surface area contributed by atoms with E-state index < -0.39 is 17.5 Å². The Labute approximate surface area is 146 Å². The molecule has 1 N–H and O–H groups in total. The molecule has 1 amide bonds. The van der Waals surface area contributed by atoms with E-state index in [1.807, 2.05) is 0 Å². The highest BCUT2D eigenvalue weighted by atomic mass is 35.5. The van der Waals surface area contributed by atoms with E-state index in [1.165, 1.54) is 24.3 Å². The number of carbonyl (C=O) groups is 2. The first-order valence-corrected chi connectivity index (χ1v) is 7.79. The summed E-state index contributed by atoms with van der Waals surface area (Å²) in [6.07, 6.45) is 0. The Morgan fingerprint density at radius 1 is 1.12 bits per heavy atom. The maximum absolute atomic E-state index is 13.0. The van der Waals surface area contributed by atoms with Gasteiger partial charge in [-0.25, -0.2) is 4.39 Å². The fraction of sp³-hybridized carbons (Fsp3) is 0.0588. The Morgan fingerprint density at radius 2 is 1.83 bits per heavy atom. The number of furan rings is 1. The van der Waals surface area contributed by atoms with Crippen molar-refractivity contribution >= 4 is 51.5 Å². The molecule has 0 atom stereocenters. The Hall–Kier alpha value is -2.37. The fourth-order valence-corrected chi connectivity index (χ4v) is 2.50. The Kier molecular flexibility index (Phi) is 4.55. The van der Waals surface area contributed by atoms with Crippen molar-refractivity contribution in [1.82, 2.24) is 0 Å². The summed E-state index contributed by atoms with van der Waals surface area (Å²) < 4.78 is 18.6. The van der Waals surface area contributed by atoms with Crippen LogP contribution < -0.4 is 5.32 Å². The average molecular weight is 366 g/mol. The highest BCUT2D eigenvalue weighted by molar-refractivity contribution is 6.32. The lowest BCUT2D eigenvalue weighted by atomic mass is 10.1. The van der Waals surface area contributed by atoms with Gasteiger partial charge in [-0.3, -0.25) is 9.59 Å². The van der Waals surface area contributed by atoms with Gasteiger partial charge in [0.15, 0.2) is 5.76 Å². The molecule has 1 aromatic heterocycles. The summed E-state index contributed by atoms with van der Waals surface area (Å²) >= 11 is 11.5. The maximum atomic E-state index is 13.0. The number of alkyl halides is 1. The third kappa shape index (κ3) is 3.13. The smallest absolute Gasteiger partial charge is 0.239 e. The van der Waals surface area contributed by atoms with Crippen molar-refractivity contribution in [2.45, 2.75) is 0 Å². The third-order valence-electron chi connectivity index (χ3n) is 3.35. The van der Waals surface area contributed by atoms with Crippen LogP contribution in [0.2, 0.25) is 5.02 Å². The molecule has 0 spiro atoms. The second-order valence-electron chi connectivity index (χ2n) is 4.96. The van der Waals surface area contributed by atoms with Crippen LogP contribution >= 0.6 is 23.2 Å². The number of rotatable bonds is 4. The van der Waals surface area contributed by atoms with E-state index in [4.69, 9.17) is 27.6 Å². The molecule has 0 fully saturated rings. The summed E-state index contributed by atoms with van der Waals surface area (Å²) in [5, 5.41) is 3.45. The number of fused-ring (bicyclic) bond motifs is 1. The number of hydrogen-bond donors (Lipinski definition) is 1. The van der Waals surface area contributed by atoms with Gasteiger partial charge in [-0.1, -0.05) is 11.6 Å². The third-order valence-corrected chi connectivity index (χ3v) is 3.83. The van der Waals surface area contributed by atoms with Crippen LogP contribution in [-0.2, 0) is 4.79 Å². The van der Waals surface area contributed by atoms with Gasteiger partial charge >= 0.3 is 0 Å². The zero-order valence-corrected chi connectivity index (χ0v) is 13.6. The SMILES string of the molecule is O=C(CCl)Nc1c(C(=O)c2ccc(F)cc2)oc2ccc(Cl)cc12. The molecule has 2 aromatic carbocycles. The number of nitrogens with one attached hydrogen (secondary N) is 1. The Balaban J connectivity index is 2.15. The van der Waals surface area contributed by atoms with Crippen LogP contribution in [0.15, 0.2) is 46.9 Å². The van der Waals surface area contributed by atoms with Crippen molar-refractivity contribution in [2.24, 2.45) is 0 Å². The lowest BCUT2D eigenvalue weighted by Gasteiger charge is -2.04. The van der Waals surface area contributed by atoms with Crippen molar-refractivity contribution in [3.63, 3.8) is 0 Å². The van der Waals surface area contributed by atoms with E-state index in [0.29, 0.717) is 16.0 Å². The standard InChI is InChI=1S/C17H10Cl2FNO3/c18-8-14(22)21-15-12-7-10(19)3-6-13(12)24-17(15)16(23)9-1-4-11(20)5-2-9/h1-7H,8H2,(H,21,22). The molecule has 0 saturated heterocycles. The van der Waals surface area contributed by atoms with Crippen molar-refractivity contribution in [1.29, 1.82) is 0 Å². The summed E-state index contributed by atoms with van der Waals surface area (Å²) in [7, 11) is 0. The predicted molar refractivity (Wildman–Crippen MR) is 90.4 cm³/mol. The van der Waals surface area contributed by atoms with E-state index in [-0.39, 0.29) is 22.9 Å². The van der Waals surface area contributed by atoms with Crippen LogP contribution in [0.3, 0.4) is 0 Å². The lowest BCUT2D eigenvalue weighted by molar-refractivity contribution is -0.113. The summed E-state index contributed by atoms with van der Waals surface area (Å²) in [6, 6.07) is 9.79. The van der Waals surface area contributed by atoms with E-state index in [9.17, 15) is 14.0 Å². The molecule has 0 unspecified atom stereocenters. The first-order chi connectivity index (χ1) is 11.5. The van der Waals surface area contributed by atoms with Gasteiger partial charge in [-0.05, 0) is 42.5 Å². The number of amides is 1.